The van der Waals surface area contributed by atoms with E-state index in [2.05, 4.69) is 56.6 Å². The number of fused-ring (bicyclic) bond motifs is 1. The summed E-state index contributed by atoms with van der Waals surface area (Å²) in [7, 11) is 0. The van der Waals surface area contributed by atoms with E-state index in [1.165, 1.54) is 0 Å². The van der Waals surface area contributed by atoms with Crippen LogP contribution >= 0.6 is 11.3 Å². The number of aromatic nitrogens is 2. The van der Waals surface area contributed by atoms with Crippen LogP contribution < -0.4 is 10.4 Å². The number of nitrogens with zero attached hydrogens (tertiary/aromatic N) is 3. The lowest BCUT2D eigenvalue weighted by Crippen LogP contribution is -2.42. The van der Waals surface area contributed by atoms with Crippen molar-refractivity contribution in [1.29, 1.82) is 0 Å². The van der Waals surface area contributed by atoms with Crippen LogP contribution in [0, 0.1) is 0 Å². The smallest absolute Gasteiger partial charge is 0.335 e. The lowest BCUT2D eigenvalue weighted by Gasteiger charge is -2.27. The van der Waals surface area contributed by atoms with E-state index in [0.717, 1.165) is 74.3 Å². The predicted molar refractivity (Wildman–Crippen MR) is 191 cm³/mol. The van der Waals surface area contributed by atoms with Crippen LogP contribution in [0.4, 0.5) is 0 Å². The van der Waals surface area contributed by atoms with Gasteiger partial charge in [0.2, 0.25) is 5.91 Å². The van der Waals surface area contributed by atoms with Crippen molar-refractivity contribution >= 4 is 52.3 Å². The number of hydrogen-bond donors (Lipinski definition) is 1. The second-order valence-electron chi connectivity index (χ2n) is 11.6. The van der Waals surface area contributed by atoms with Gasteiger partial charge in [-0.3, -0.25) is 9.78 Å². The highest BCUT2D eigenvalue weighted by atomic mass is 32.1. The molecule has 4 aromatic rings. The van der Waals surface area contributed by atoms with Crippen molar-refractivity contribution in [3.63, 3.8) is 0 Å². The van der Waals surface area contributed by atoms with Crippen LogP contribution in [0.15, 0.2) is 54.2 Å². The molecule has 1 atom stereocenters. The van der Waals surface area contributed by atoms with Crippen molar-refractivity contribution in [2.24, 2.45) is 0 Å². The van der Waals surface area contributed by atoms with Gasteiger partial charge in [-0.15, -0.1) is 11.3 Å². The minimum atomic E-state index is -0.986. The van der Waals surface area contributed by atoms with Crippen LogP contribution in [0.5, 0.6) is 0 Å². The number of thiazole rings is 1. The third-order valence-corrected chi connectivity index (χ3v) is 9.40. The van der Waals surface area contributed by atoms with Gasteiger partial charge in [0.05, 0.1) is 35.5 Å². The monoisotopic (exact) mass is 641 g/mol. The van der Waals surface area contributed by atoms with Crippen LogP contribution in [-0.2, 0) is 16.1 Å². The number of morpholine rings is 1. The van der Waals surface area contributed by atoms with Gasteiger partial charge in [-0.1, -0.05) is 83.9 Å². The molecule has 244 valence electrons. The highest BCUT2D eigenvalue weighted by Crippen LogP contribution is 2.40. The van der Waals surface area contributed by atoms with Crippen molar-refractivity contribution < 1.29 is 19.4 Å². The summed E-state index contributed by atoms with van der Waals surface area (Å²) in [5.41, 5.74) is 7.02. The number of allylic oxidation sites excluding steroid dienone is 2. The Balaban J connectivity index is 0.00000235. The average Bonchev–Trinajstić information content (AvgIpc) is 3.73. The number of aromatic carboxylic acids is 1. The van der Waals surface area contributed by atoms with Gasteiger partial charge in [0.1, 0.15) is 6.54 Å². The van der Waals surface area contributed by atoms with E-state index in [9.17, 15) is 14.7 Å². The lowest BCUT2D eigenvalue weighted by atomic mass is 9.90. The maximum atomic E-state index is 13.7. The van der Waals surface area contributed by atoms with E-state index in [4.69, 9.17) is 4.74 Å². The van der Waals surface area contributed by atoms with Crippen LogP contribution in [0.1, 0.15) is 87.0 Å². The van der Waals surface area contributed by atoms with Crippen molar-refractivity contribution in [2.45, 2.75) is 72.8 Å². The third kappa shape index (κ3) is 8.03. The number of carboxylic acids is 1. The second-order valence-corrected chi connectivity index (χ2v) is 12.5. The minimum Gasteiger partial charge on any atom is -0.478 e. The molecule has 1 amide bonds. The molecule has 1 N–H and O–H groups in total. The number of carbonyl (C=O) groups is 2. The molecule has 0 saturated carbocycles. The Morgan fingerprint density at radius 3 is 2.57 bits per heavy atom. The minimum absolute atomic E-state index is 0.000967. The maximum absolute atomic E-state index is 13.7. The summed E-state index contributed by atoms with van der Waals surface area (Å²) < 4.78 is 7.54. The standard InChI is InChI=1S/C36H41N3O4S.C2H6/c1-5-6-7-8-26(4)34-30-14-13-29(36(41)42)20-31(30)39(22-33(40)38-15-17-43-18-16-38)35(34)28-12-9-24(2)27(19-28)11-10-25(3)32-21-37-23-44-32;1-2/h9-14,19-21,23,26H,2,5-8,15-18,22H2,1,3-4H3,(H,41,42);1-2H3/b25-10+,27-11-;. The highest BCUT2D eigenvalue weighted by Gasteiger charge is 2.26. The van der Waals surface area contributed by atoms with E-state index < -0.39 is 5.97 Å². The van der Waals surface area contributed by atoms with Crippen LogP contribution in [-0.4, -0.2) is 57.7 Å². The highest BCUT2D eigenvalue weighted by molar-refractivity contribution is 7.10. The predicted octanol–water partition coefficient (Wildman–Crippen LogP) is 7.33. The molecule has 7 nitrogen and oxygen atoms in total. The van der Waals surface area contributed by atoms with E-state index in [1.807, 2.05) is 47.2 Å². The number of benzene rings is 2. The maximum Gasteiger partial charge on any atom is 0.335 e. The molecule has 3 heterocycles. The molecule has 0 aliphatic carbocycles. The molecule has 2 aromatic heterocycles. The Kier molecular flexibility index (Phi) is 12.5. The molecule has 1 aliphatic rings. The molecular formula is C38H47N3O4S. The topological polar surface area (TPSA) is 84.7 Å². The van der Waals surface area contributed by atoms with Gasteiger partial charge in [-0.25, -0.2) is 4.79 Å². The van der Waals surface area contributed by atoms with E-state index in [1.54, 1.807) is 23.5 Å². The summed E-state index contributed by atoms with van der Waals surface area (Å²) in [6.07, 6.45) is 10.4. The fourth-order valence-corrected chi connectivity index (χ4v) is 6.59. The van der Waals surface area contributed by atoms with E-state index in [0.29, 0.717) is 26.3 Å². The Hall–Kier alpha value is -4.01. The van der Waals surface area contributed by atoms with Gasteiger partial charge < -0.3 is 19.3 Å². The SMILES string of the molecule is C=c1ccc(-c2c(C(C)CCCCC)c3ccc(C(=O)O)cc3n2CC(=O)N2CCOCC2)c/c1=C/C=C(\C)c1cncs1.CC. The zero-order valence-electron chi connectivity index (χ0n) is 27.8. The molecule has 1 aliphatic heterocycles. The Morgan fingerprint density at radius 1 is 1.13 bits per heavy atom. The van der Waals surface area contributed by atoms with Crippen molar-refractivity contribution in [2.75, 3.05) is 26.3 Å². The zero-order valence-corrected chi connectivity index (χ0v) is 28.7. The summed E-state index contributed by atoms with van der Waals surface area (Å²) in [5, 5.41) is 12.8. The van der Waals surface area contributed by atoms with Crippen molar-refractivity contribution in [3.05, 3.63) is 80.6 Å². The summed E-state index contributed by atoms with van der Waals surface area (Å²) >= 11 is 1.60. The van der Waals surface area contributed by atoms with Gasteiger partial charge in [-0.05, 0) is 64.6 Å². The molecule has 1 unspecified atom stereocenters. The number of rotatable bonds is 11. The Morgan fingerprint density at radius 2 is 1.89 bits per heavy atom. The molecule has 46 heavy (non-hydrogen) atoms. The molecular weight excluding hydrogens is 595 g/mol. The van der Waals surface area contributed by atoms with E-state index >= 15 is 0 Å². The zero-order chi connectivity index (χ0) is 33.2. The largest absolute Gasteiger partial charge is 0.478 e. The van der Waals surface area contributed by atoms with Gasteiger partial charge in [-0.2, -0.15) is 0 Å². The number of hydrogen-bond acceptors (Lipinski definition) is 5. The first-order chi connectivity index (χ1) is 22.3. The Bertz CT molecular complexity index is 1780. The average molecular weight is 642 g/mol. The molecule has 5 rings (SSSR count). The van der Waals surface area contributed by atoms with Gasteiger partial charge in [0, 0.05) is 29.5 Å². The van der Waals surface area contributed by atoms with E-state index in [-0.39, 0.29) is 23.9 Å². The number of carboxylic acid groups (broad SMARTS) is 1. The van der Waals surface area contributed by atoms with Gasteiger partial charge >= 0.3 is 5.97 Å². The van der Waals surface area contributed by atoms with Crippen molar-refractivity contribution in [1.82, 2.24) is 14.5 Å². The normalized spacial score (nSPS) is 14.7. The van der Waals surface area contributed by atoms with Crippen LogP contribution in [0.2, 0.25) is 0 Å². The number of unbranched alkanes of at least 4 members (excludes halogenated alkanes) is 2. The summed E-state index contributed by atoms with van der Waals surface area (Å²) in [6, 6.07) is 11.6. The first-order valence-corrected chi connectivity index (χ1v) is 17.3. The molecule has 8 heteroatoms. The van der Waals surface area contributed by atoms with Gasteiger partial charge in [0.25, 0.3) is 0 Å². The van der Waals surface area contributed by atoms with Crippen LogP contribution in [0.25, 0.3) is 40.4 Å². The second kappa shape index (κ2) is 16.5. The molecule has 0 bridgehead atoms. The summed E-state index contributed by atoms with van der Waals surface area (Å²) in [5.74, 6) is -0.782. The quantitative estimate of drug-likeness (QED) is 0.174. The summed E-state index contributed by atoms with van der Waals surface area (Å²) in [4.78, 5) is 32.9. The first kappa shape index (κ1) is 34.9. The number of ether oxygens (including phenoxy) is 1. The fourth-order valence-electron chi connectivity index (χ4n) is 5.98. The molecule has 1 fully saturated rings. The molecule has 2 aromatic carbocycles. The van der Waals surface area contributed by atoms with Crippen LogP contribution in [0.3, 0.4) is 0 Å². The summed E-state index contributed by atoms with van der Waals surface area (Å²) in [6.45, 7) is 17.1. The molecule has 0 spiro atoms. The molecule has 1 saturated heterocycles. The lowest BCUT2D eigenvalue weighted by molar-refractivity contribution is -0.135. The van der Waals surface area contributed by atoms with Gasteiger partial charge in [0.15, 0.2) is 0 Å². The first-order valence-electron chi connectivity index (χ1n) is 16.4. The molecule has 0 radical (unpaired) electrons. The number of amides is 1. The number of carbonyl (C=O) groups excluding carboxylic acids is 1. The Labute approximate surface area is 276 Å². The van der Waals surface area contributed by atoms with Crippen molar-refractivity contribution in [3.8, 4) is 11.3 Å². The fraction of sp³-hybridized carbons (Fsp3) is 0.395. The third-order valence-electron chi connectivity index (χ3n) is 8.49.